The third-order valence-corrected chi connectivity index (χ3v) is 4.60. The summed E-state index contributed by atoms with van der Waals surface area (Å²) in [5.74, 6) is 0.224. The standard InChI is InChI=1S/C14H20N2O3S/c1-8-3-4-10-11(7-8)20-14(16-9(2)18)12(10)13(19)15-5-6-17/h8,17H,3-7H2,1-2H3,(H,15,19)(H,16,18). The van der Waals surface area contributed by atoms with Crippen molar-refractivity contribution in [1.82, 2.24) is 5.32 Å². The zero-order valence-corrected chi connectivity index (χ0v) is 12.6. The Morgan fingerprint density at radius 3 is 2.85 bits per heavy atom. The van der Waals surface area contributed by atoms with Crippen LogP contribution in [0, 0.1) is 5.92 Å². The number of nitrogens with one attached hydrogen (secondary N) is 2. The van der Waals surface area contributed by atoms with Crippen LogP contribution in [-0.2, 0) is 17.6 Å². The van der Waals surface area contributed by atoms with Gasteiger partial charge in [0.25, 0.3) is 5.91 Å². The number of aliphatic hydroxyl groups excluding tert-OH is 1. The normalized spacial score (nSPS) is 17.4. The summed E-state index contributed by atoms with van der Waals surface area (Å²) in [6, 6.07) is 0. The van der Waals surface area contributed by atoms with Crippen LogP contribution in [0.25, 0.3) is 0 Å². The van der Waals surface area contributed by atoms with Crippen molar-refractivity contribution in [2.45, 2.75) is 33.1 Å². The molecule has 1 aliphatic rings. The minimum Gasteiger partial charge on any atom is -0.395 e. The van der Waals surface area contributed by atoms with Crippen molar-refractivity contribution in [2.24, 2.45) is 5.92 Å². The number of aliphatic hydroxyl groups is 1. The number of amides is 2. The fourth-order valence-corrected chi connectivity index (χ4v) is 3.95. The number of rotatable bonds is 4. The van der Waals surface area contributed by atoms with Gasteiger partial charge in [0.1, 0.15) is 5.00 Å². The van der Waals surface area contributed by atoms with E-state index >= 15 is 0 Å². The molecule has 0 spiro atoms. The lowest BCUT2D eigenvalue weighted by atomic mass is 9.88. The Labute approximate surface area is 122 Å². The molecule has 1 aliphatic carbocycles. The van der Waals surface area contributed by atoms with Crippen LogP contribution in [0.1, 0.15) is 41.1 Å². The third-order valence-electron chi connectivity index (χ3n) is 3.43. The maximum atomic E-state index is 12.3. The molecule has 1 aromatic rings. The first-order valence-corrected chi connectivity index (χ1v) is 7.65. The van der Waals surface area contributed by atoms with Gasteiger partial charge in [0.05, 0.1) is 12.2 Å². The van der Waals surface area contributed by atoms with Crippen LogP contribution in [0.15, 0.2) is 0 Å². The molecule has 1 unspecified atom stereocenters. The zero-order chi connectivity index (χ0) is 14.7. The van der Waals surface area contributed by atoms with Crippen LogP contribution in [0.2, 0.25) is 0 Å². The van der Waals surface area contributed by atoms with E-state index in [1.165, 1.54) is 23.1 Å². The van der Waals surface area contributed by atoms with Crippen molar-refractivity contribution in [3.63, 3.8) is 0 Å². The first-order chi connectivity index (χ1) is 9.52. The lowest BCUT2D eigenvalue weighted by molar-refractivity contribution is -0.114. The van der Waals surface area contributed by atoms with Crippen LogP contribution in [0.4, 0.5) is 5.00 Å². The minimum atomic E-state index is -0.213. The number of carbonyl (C=O) groups excluding carboxylic acids is 2. The van der Waals surface area contributed by atoms with Gasteiger partial charge < -0.3 is 15.7 Å². The molecular weight excluding hydrogens is 276 g/mol. The summed E-state index contributed by atoms with van der Waals surface area (Å²) >= 11 is 1.50. The Morgan fingerprint density at radius 2 is 2.20 bits per heavy atom. The molecule has 0 aromatic carbocycles. The fraction of sp³-hybridized carbons (Fsp3) is 0.571. The van der Waals surface area contributed by atoms with E-state index in [2.05, 4.69) is 17.6 Å². The first kappa shape index (κ1) is 15.0. The van der Waals surface area contributed by atoms with E-state index in [4.69, 9.17) is 5.11 Å². The lowest BCUT2D eigenvalue weighted by Gasteiger charge is -2.18. The fourth-order valence-electron chi connectivity index (χ4n) is 2.50. The molecule has 1 heterocycles. The molecule has 1 aromatic heterocycles. The van der Waals surface area contributed by atoms with Crippen molar-refractivity contribution in [3.8, 4) is 0 Å². The second kappa shape index (κ2) is 6.37. The van der Waals surface area contributed by atoms with E-state index in [1.54, 1.807) is 0 Å². The van der Waals surface area contributed by atoms with E-state index in [-0.39, 0.29) is 25.0 Å². The van der Waals surface area contributed by atoms with Gasteiger partial charge in [-0.3, -0.25) is 9.59 Å². The van der Waals surface area contributed by atoms with Gasteiger partial charge in [0, 0.05) is 18.3 Å². The Balaban J connectivity index is 2.35. The number of thiophene rings is 1. The molecule has 0 fully saturated rings. The summed E-state index contributed by atoms with van der Waals surface area (Å²) in [5, 5.41) is 14.9. The summed E-state index contributed by atoms with van der Waals surface area (Å²) in [4.78, 5) is 24.8. The molecule has 0 aliphatic heterocycles. The van der Waals surface area contributed by atoms with Crippen molar-refractivity contribution >= 4 is 28.2 Å². The minimum absolute atomic E-state index is 0.0927. The largest absolute Gasteiger partial charge is 0.395 e. The predicted molar refractivity (Wildman–Crippen MR) is 79.2 cm³/mol. The van der Waals surface area contributed by atoms with Crippen LogP contribution in [0.3, 0.4) is 0 Å². The average Bonchev–Trinajstić information content (AvgIpc) is 2.71. The summed E-state index contributed by atoms with van der Waals surface area (Å²) in [6.45, 7) is 3.77. The topological polar surface area (TPSA) is 78.4 Å². The van der Waals surface area contributed by atoms with E-state index in [0.717, 1.165) is 24.8 Å². The van der Waals surface area contributed by atoms with Crippen molar-refractivity contribution < 1.29 is 14.7 Å². The molecule has 20 heavy (non-hydrogen) atoms. The molecule has 2 rings (SSSR count). The lowest BCUT2D eigenvalue weighted by Crippen LogP contribution is -2.28. The molecule has 1 atom stereocenters. The summed E-state index contributed by atoms with van der Waals surface area (Å²) in [6.07, 6.45) is 2.89. The van der Waals surface area contributed by atoms with Crippen molar-refractivity contribution in [1.29, 1.82) is 0 Å². The van der Waals surface area contributed by atoms with E-state index in [1.807, 2.05) is 0 Å². The van der Waals surface area contributed by atoms with Crippen molar-refractivity contribution in [2.75, 3.05) is 18.5 Å². The number of fused-ring (bicyclic) bond motifs is 1. The summed E-state index contributed by atoms with van der Waals surface area (Å²) in [7, 11) is 0. The molecule has 3 N–H and O–H groups in total. The number of hydrogen-bond donors (Lipinski definition) is 3. The quantitative estimate of drug-likeness (QED) is 0.789. The predicted octanol–water partition coefficient (Wildman–Crippen LogP) is 1.55. The first-order valence-electron chi connectivity index (χ1n) is 6.84. The van der Waals surface area contributed by atoms with Crippen LogP contribution < -0.4 is 10.6 Å². The van der Waals surface area contributed by atoms with Gasteiger partial charge in [0.15, 0.2) is 0 Å². The Morgan fingerprint density at radius 1 is 1.45 bits per heavy atom. The van der Waals surface area contributed by atoms with Gasteiger partial charge in [-0.25, -0.2) is 0 Å². The molecule has 0 bridgehead atoms. The highest BCUT2D eigenvalue weighted by Crippen LogP contribution is 2.39. The number of anilines is 1. The molecule has 5 nitrogen and oxygen atoms in total. The zero-order valence-electron chi connectivity index (χ0n) is 11.8. The molecule has 2 amide bonds. The Bertz CT molecular complexity index is 525. The summed E-state index contributed by atoms with van der Waals surface area (Å²) in [5.41, 5.74) is 1.65. The maximum absolute atomic E-state index is 12.3. The Hall–Kier alpha value is -1.40. The molecule has 6 heteroatoms. The van der Waals surface area contributed by atoms with Gasteiger partial charge >= 0.3 is 0 Å². The molecule has 0 saturated heterocycles. The molecule has 110 valence electrons. The van der Waals surface area contributed by atoms with Crippen LogP contribution in [-0.4, -0.2) is 30.1 Å². The number of hydrogen-bond acceptors (Lipinski definition) is 4. The van der Waals surface area contributed by atoms with Crippen molar-refractivity contribution in [3.05, 3.63) is 16.0 Å². The smallest absolute Gasteiger partial charge is 0.254 e. The highest BCUT2D eigenvalue weighted by molar-refractivity contribution is 7.17. The van der Waals surface area contributed by atoms with Crippen LogP contribution in [0.5, 0.6) is 0 Å². The van der Waals surface area contributed by atoms with E-state index in [0.29, 0.717) is 16.5 Å². The van der Waals surface area contributed by atoms with Gasteiger partial charge in [0.2, 0.25) is 5.91 Å². The molecule has 0 radical (unpaired) electrons. The van der Waals surface area contributed by atoms with Gasteiger partial charge in [-0.05, 0) is 30.7 Å². The Kier molecular flexibility index (Phi) is 4.77. The van der Waals surface area contributed by atoms with Gasteiger partial charge in [-0.15, -0.1) is 11.3 Å². The highest BCUT2D eigenvalue weighted by atomic mass is 32.1. The van der Waals surface area contributed by atoms with E-state index < -0.39 is 0 Å². The third kappa shape index (κ3) is 3.19. The maximum Gasteiger partial charge on any atom is 0.254 e. The monoisotopic (exact) mass is 296 g/mol. The highest BCUT2D eigenvalue weighted by Gasteiger charge is 2.27. The van der Waals surface area contributed by atoms with Gasteiger partial charge in [-0.1, -0.05) is 6.92 Å². The average molecular weight is 296 g/mol. The van der Waals surface area contributed by atoms with Gasteiger partial charge in [-0.2, -0.15) is 0 Å². The summed E-state index contributed by atoms with van der Waals surface area (Å²) < 4.78 is 0. The second-order valence-electron chi connectivity index (χ2n) is 5.22. The SMILES string of the molecule is CC(=O)Nc1sc2c(c1C(=O)NCCO)CCC(C)C2. The second-order valence-corrected chi connectivity index (χ2v) is 6.32. The molecule has 0 saturated carbocycles. The van der Waals surface area contributed by atoms with E-state index in [9.17, 15) is 9.59 Å². The van der Waals surface area contributed by atoms with Crippen LogP contribution >= 0.6 is 11.3 Å². The number of carbonyl (C=O) groups is 2. The molecular formula is C14H20N2O3S.